The topological polar surface area (TPSA) is 23.5 Å². The van der Waals surface area contributed by atoms with Crippen LogP contribution in [0.1, 0.15) is 30.7 Å². The molecule has 0 amide bonds. The van der Waals surface area contributed by atoms with Crippen LogP contribution in [0.25, 0.3) is 0 Å². The maximum Gasteiger partial charge on any atom is 0.0558 e. The van der Waals surface area contributed by atoms with Crippen molar-refractivity contribution in [1.82, 2.24) is 4.90 Å². The van der Waals surface area contributed by atoms with Crippen LogP contribution in [0.2, 0.25) is 0 Å². The van der Waals surface area contributed by atoms with Crippen molar-refractivity contribution in [2.24, 2.45) is 0 Å². The first kappa shape index (κ1) is 13.3. The highest BCUT2D eigenvalue weighted by Gasteiger charge is 2.28. The zero-order valence-corrected chi connectivity index (χ0v) is 11.0. The second-order valence-corrected chi connectivity index (χ2v) is 4.99. The molecule has 0 saturated carbocycles. The SMILES string of the molecule is C=CC(c1ccccc1)C1CCCCN1CCO. The molecule has 1 aliphatic rings. The summed E-state index contributed by atoms with van der Waals surface area (Å²) >= 11 is 0. The predicted octanol–water partition coefficient (Wildman–Crippen LogP) is 2.80. The van der Waals surface area contributed by atoms with Crippen molar-refractivity contribution in [3.63, 3.8) is 0 Å². The minimum absolute atomic E-state index is 0.245. The standard InChI is InChI=1S/C16H23NO/c1-2-15(14-8-4-3-5-9-14)16-10-6-7-11-17(16)12-13-18/h2-5,8-9,15-16,18H,1,6-7,10-13H2. The first-order valence-corrected chi connectivity index (χ1v) is 6.89. The predicted molar refractivity (Wildman–Crippen MR) is 75.7 cm³/mol. The molecule has 2 unspecified atom stereocenters. The molecule has 98 valence electrons. The number of β-amino-alcohol motifs (C(OH)–C–C–N with tert-alkyl or cyclic N) is 1. The van der Waals surface area contributed by atoms with Crippen molar-refractivity contribution in [2.45, 2.75) is 31.2 Å². The van der Waals surface area contributed by atoms with Crippen LogP contribution in [-0.2, 0) is 0 Å². The van der Waals surface area contributed by atoms with Gasteiger partial charge in [0, 0.05) is 18.5 Å². The van der Waals surface area contributed by atoms with E-state index in [0.29, 0.717) is 12.0 Å². The van der Waals surface area contributed by atoms with Gasteiger partial charge in [0.2, 0.25) is 0 Å². The minimum atomic E-state index is 0.245. The van der Waals surface area contributed by atoms with Crippen LogP contribution in [0.3, 0.4) is 0 Å². The van der Waals surface area contributed by atoms with Crippen LogP contribution in [0.4, 0.5) is 0 Å². The second-order valence-electron chi connectivity index (χ2n) is 4.99. The Morgan fingerprint density at radius 1 is 1.33 bits per heavy atom. The molecule has 1 aromatic carbocycles. The summed E-state index contributed by atoms with van der Waals surface area (Å²) in [7, 11) is 0. The van der Waals surface area contributed by atoms with Crippen molar-refractivity contribution in [2.75, 3.05) is 19.7 Å². The number of aliphatic hydroxyl groups excluding tert-OH is 1. The Balaban J connectivity index is 2.17. The van der Waals surface area contributed by atoms with E-state index in [1.807, 2.05) is 0 Å². The van der Waals surface area contributed by atoms with Crippen molar-refractivity contribution < 1.29 is 5.11 Å². The van der Waals surface area contributed by atoms with Crippen molar-refractivity contribution in [3.8, 4) is 0 Å². The first-order chi connectivity index (χ1) is 8.86. The van der Waals surface area contributed by atoms with Gasteiger partial charge in [-0.1, -0.05) is 42.8 Å². The molecule has 1 saturated heterocycles. The Morgan fingerprint density at radius 3 is 2.78 bits per heavy atom. The third-order valence-electron chi connectivity index (χ3n) is 3.90. The average Bonchev–Trinajstić information content (AvgIpc) is 2.43. The molecule has 1 aromatic rings. The zero-order valence-electron chi connectivity index (χ0n) is 11.0. The van der Waals surface area contributed by atoms with Gasteiger partial charge in [-0.05, 0) is 24.9 Å². The van der Waals surface area contributed by atoms with E-state index in [0.717, 1.165) is 13.1 Å². The van der Waals surface area contributed by atoms with Crippen molar-refractivity contribution in [3.05, 3.63) is 48.6 Å². The van der Waals surface area contributed by atoms with E-state index in [9.17, 15) is 5.11 Å². The number of hydrogen-bond acceptors (Lipinski definition) is 2. The van der Waals surface area contributed by atoms with Crippen LogP contribution < -0.4 is 0 Å². The van der Waals surface area contributed by atoms with Gasteiger partial charge >= 0.3 is 0 Å². The summed E-state index contributed by atoms with van der Waals surface area (Å²) in [5.74, 6) is 0.373. The highest BCUT2D eigenvalue weighted by atomic mass is 16.3. The third kappa shape index (κ3) is 3.01. The summed E-state index contributed by atoms with van der Waals surface area (Å²) in [6.45, 7) is 6.14. The van der Waals surface area contributed by atoms with Gasteiger partial charge in [0.25, 0.3) is 0 Å². The fraction of sp³-hybridized carbons (Fsp3) is 0.500. The number of aliphatic hydroxyl groups is 1. The molecule has 2 heteroatoms. The fourth-order valence-electron chi connectivity index (χ4n) is 3.02. The molecule has 0 spiro atoms. The number of benzene rings is 1. The summed E-state index contributed by atoms with van der Waals surface area (Å²) in [6.07, 6.45) is 5.79. The molecule has 1 heterocycles. The van der Waals surface area contributed by atoms with E-state index in [1.54, 1.807) is 0 Å². The Kier molecular flexibility index (Phi) is 4.97. The molecule has 1 aliphatic heterocycles. The molecule has 1 fully saturated rings. The van der Waals surface area contributed by atoms with Gasteiger partial charge in [0.1, 0.15) is 0 Å². The lowest BCUT2D eigenvalue weighted by atomic mass is 9.85. The quantitative estimate of drug-likeness (QED) is 0.806. The highest BCUT2D eigenvalue weighted by molar-refractivity contribution is 5.25. The van der Waals surface area contributed by atoms with E-state index in [4.69, 9.17) is 0 Å². The number of nitrogens with zero attached hydrogens (tertiary/aromatic N) is 1. The van der Waals surface area contributed by atoms with Gasteiger partial charge in [-0.3, -0.25) is 4.90 Å². The Morgan fingerprint density at radius 2 is 2.11 bits per heavy atom. The van der Waals surface area contributed by atoms with Crippen LogP contribution >= 0.6 is 0 Å². The summed E-state index contributed by atoms with van der Waals surface area (Å²) < 4.78 is 0. The van der Waals surface area contributed by atoms with Gasteiger partial charge in [0.05, 0.1) is 6.61 Å². The molecule has 0 aromatic heterocycles. The van der Waals surface area contributed by atoms with Gasteiger partial charge < -0.3 is 5.11 Å². The molecule has 2 nitrogen and oxygen atoms in total. The van der Waals surface area contributed by atoms with Crippen LogP contribution in [0, 0.1) is 0 Å². The van der Waals surface area contributed by atoms with E-state index in [-0.39, 0.29) is 6.61 Å². The lowest BCUT2D eigenvalue weighted by Crippen LogP contribution is -2.44. The first-order valence-electron chi connectivity index (χ1n) is 6.89. The average molecular weight is 245 g/mol. The Bertz CT molecular complexity index is 361. The van der Waals surface area contributed by atoms with Gasteiger partial charge in [-0.2, -0.15) is 0 Å². The summed E-state index contributed by atoms with van der Waals surface area (Å²) in [6, 6.07) is 11.1. The highest BCUT2D eigenvalue weighted by Crippen LogP contribution is 2.30. The number of likely N-dealkylation sites (tertiary alicyclic amines) is 1. The third-order valence-corrected chi connectivity index (χ3v) is 3.90. The molecule has 18 heavy (non-hydrogen) atoms. The summed E-state index contributed by atoms with van der Waals surface area (Å²) in [5.41, 5.74) is 1.34. The maximum atomic E-state index is 9.19. The lowest BCUT2D eigenvalue weighted by molar-refractivity contribution is 0.108. The van der Waals surface area contributed by atoms with Gasteiger partial charge in [0.15, 0.2) is 0 Å². The van der Waals surface area contributed by atoms with E-state index >= 15 is 0 Å². The van der Waals surface area contributed by atoms with E-state index in [1.165, 1.54) is 24.8 Å². The zero-order chi connectivity index (χ0) is 12.8. The van der Waals surface area contributed by atoms with E-state index in [2.05, 4.69) is 47.9 Å². The van der Waals surface area contributed by atoms with Gasteiger partial charge in [-0.25, -0.2) is 0 Å². The molecular formula is C16H23NO. The monoisotopic (exact) mass is 245 g/mol. The number of rotatable bonds is 5. The Hall–Kier alpha value is -1.12. The summed E-state index contributed by atoms with van der Waals surface area (Å²) in [4.78, 5) is 2.42. The van der Waals surface area contributed by atoms with Crippen molar-refractivity contribution >= 4 is 0 Å². The van der Waals surface area contributed by atoms with Crippen LogP contribution in [0.5, 0.6) is 0 Å². The molecule has 1 N–H and O–H groups in total. The maximum absolute atomic E-state index is 9.19. The largest absolute Gasteiger partial charge is 0.395 e. The molecule has 0 bridgehead atoms. The second kappa shape index (κ2) is 6.72. The number of hydrogen-bond donors (Lipinski definition) is 1. The normalized spacial score (nSPS) is 22.6. The molecule has 0 radical (unpaired) electrons. The number of piperidine rings is 1. The minimum Gasteiger partial charge on any atom is -0.395 e. The summed E-state index contributed by atoms with van der Waals surface area (Å²) in [5, 5.41) is 9.19. The van der Waals surface area contributed by atoms with E-state index < -0.39 is 0 Å². The Labute approximate surface area is 110 Å². The van der Waals surface area contributed by atoms with Gasteiger partial charge in [-0.15, -0.1) is 6.58 Å². The fourth-order valence-corrected chi connectivity index (χ4v) is 3.02. The van der Waals surface area contributed by atoms with Crippen LogP contribution in [-0.4, -0.2) is 35.7 Å². The van der Waals surface area contributed by atoms with Crippen LogP contribution in [0.15, 0.2) is 43.0 Å². The molecule has 2 atom stereocenters. The lowest BCUT2D eigenvalue weighted by Gasteiger charge is -2.39. The van der Waals surface area contributed by atoms with Crippen molar-refractivity contribution in [1.29, 1.82) is 0 Å². The molecule has 2 rings (SSSR count). The molecule has 0 aliphatic carbocycles. The molecular weight excluding hydrogens is 222 g/mol. The smallest absolute Gasteiger partial charge is 0.0558 e.